The molecule has 2 aromatic carbocycles. The molecule has 0 unspecified atom stereocenters. The first kappa shape index (κ1) is 24.7. The number of hydrogen-bond acceptors (Lipinski definition) is 5. The Bertz CT molecular complexity index is 1240. The van der Waals surface area contributed by atoms with E-state index >= 15 is 0 Å². The Morgan fingerprint density at radius 2 is 1.79 bits per heavy atom. The van der Waals surface area contributed by atoms with E-state index in [2.05, 4.69) is 15.4 Å². The van der Waals surface area contributed by atoms with E-state index in [9.17, 15) is 18.0 Å². The van der Waals surface area contributed by atoms with Gasteiger partial charge in [-0.15, -0.1) is 16.0 Å². The van der Waals surface area contributed by atoms with E-state index in [0.29, 0.717) is 13.1 Å². The molecular formula is C22H20F3N5O3S. The molecule has 0 radical (unpaired) electrons. The van der Waals surface area contributed by atoms with Gasteiger partial charge in [-0.2, -0.15) is 18.6 Å². The van der Waals surface area contributed by atoms with Gasteiger partial charge in [-0.25, -0.2) is 14.8 Å². The van der Waals surface area contributed by atoms with Crippen LogP contribution < -0.4 is 15.2 Å². The van der Waals surface area contributed by atoms with Crippen molar-refractivity contribution in [3.05, 3.63) is 71.1 Å². The molecule has 2 N–H and O–H groups in total. The quantitative estimate of drug-likeness (QED) is 0.419. The number of thiazole rings is 1. The molecule has 2 amide bonds. The summed E-state index contributed by atoms with van der Waals surface area (Å²) in [6.45, 7) is 3.14. The van der Waals surface area contributed by atoms with Crippen LogP contribution in [0.3, 0.4) is 0 Å². The molecule has 4 rings (SSSR count). The first-order valence-corrected chi connectivity index (χ1v) is 10.9. The number of carboxylic acids is 1. The number of aromatic amines is 1. The summed E-state index contributed by atoms with van der Waals surface area (Å²) in [6, 6.07) is 17.7. The monoisotopic (exact) mass is 491 g/mol. The van der Waals surface area contributed by atoms with Gasteiger partial charge in [0, 0.05) is 18.5 Å². The summed E-state index contributed by atoms with van der Waals surface area (Å²) in [6.07, 6.45) is -5.19. The standard InChI is InChI=1S/C20H19N5OS.C2HF3O2/c1-2-24(12-15-8-4-3-5-9-15)20(26)23-25-18-11-7-6-10-16(18)22-19(25)17-13-27-14-21-17;3-2(4,5)1(6)7/h3-11,13-14H,2,12H2,1H3,(H,23,26);(H,6,7). The van der Waals surface area contributed by atoms with Crippen molar-refractivity contribution in [3.63, 3.8) is 0 Å². The van der Waals surface area contributed by atoms with E-state index in [1.165, 1.54) is 11.3 Å². The number of nitrogens with one attached hydrogen (secondary N) is 2. The van der Waals surface area contributed by atoms with Gasteiger partial charge in [0.05, 0.1) is 5.51 Å². The molecule has 4 aromatic rings. The zero-order chi connectivity index (χ0) is 24.7. The van der Waals surface area contributed by atoms with Crippen LogP contribution in [0.5, 0.6) is 0 Å². The van der Waals surface area contributed by atoms with Crippen molar-refractivity contribution in [2.75, 3.05) is 12.0 Å². The minimum absolute atomic E-state index is 0.160. The summed E-state index contributed by atoms with van der Waals surface area (Å²) in [5, 5.41) is 10.7. The molecule has 8 nitrogen and oxygen atoms in total. The fourth-order valence-electron chi connectivity index (χ4n) is 3.00. The second-order valence-electron chi connectivity index (χ2n) is 6.90. The average Bonchev–Trinajstić information content (AvgIpc) is 3.46. The number of urea groups is 1. The third-order valence-electron chi connectivity index (χ3n) is 4.62. The van der Waals surface area contributed by atoms with Crippen molar-refractivity contribution in [3.8, 4) is 11.5 Å². The Kier molecular flexibility index (Phi) is 7.84. The normalized spacial score (nSPS) is 10.9. The van der Waals surface area contributed by atoms with Crippen molar-refractivity contribution in [1.82, 2.24) is 14.9 Å². The second-order valence-corrected chi connectivity index (χ2v) is 7.62. The van der Waals surface area contributed by atoms with Crippen LogP contribution in [-0.2, 0) is 11.3 Å². The number of aliphatic carboxylic acids is 1. The van der Waals surface area contributed by atoms with Crippen molar-refractivity contribution in [1.29, 1.82) is 0 Å². The summed E-state index contributed by atoms with van der Waals surface area (Å²) in [7, 11) is 0. The molecule has 0 saturated carbocycles. The van der Waals surface area contributed by atoms with E-state index in [0.717, 1.165) is 28.1 Å². The van der Waals surface area contributed by atoms with Crippen LogP contribution in [0, 0.1) is 0 Å². The van der Waals surface area contributed by atoms with Crippen molar-refractivity contribution in [2.45, 2.75) is 19.6 Å². The number of H-pyrrole nitrogens is 1. The van der Waals surface area contributed by atoms with Crippen molar-refractivity contribution in [2.24, 2.45) is 0 Å². The van der Waals surface area contributed by atoms with Crippen LogP contribution in [0.15, 0.2) is 65.5 Å². The molecule has 12 heteroatoms. The number of imidazole rings is 1. The number of fused-ring (bicyclic) bond motifs is 1. The second kappa shape index (κ2) is 10.8. The molecular weight excluding hydrogens is 471 g/mol. The molecule has 2 heterocycles. The maximum Gasteiger partial charge on any atom is 0.430 e. The molecule has 0 fully saturated rings. The smallest absolute Gasteiger partial charge is 0.430 e. The number of amides is 2. The molecule has 178 valence electrons. The zero-order valence-corrected chi connectivity index (χ0v) is 18.7. The summed E-state index contributed by atoms with van der Waals surface area (Å²) >= 11 is 1.52. The Balaban J connectivity index is 0.000000406. The van der Waals surface area contributed by atoms with Gasteiger partial charge < -0.3 is 14.8 Å². The van der Waals surface area contributed by atoms with Crippen LogP contribution in [0.1, 0.15) is 12.5 Å². The van der Waals surface area contributed by atoms with Gasteiger partial charge in [-0.05, 0) is 24.6 Å². The van der Waals surface area contributed by atoms with E-state index < -0.39 is 12.1 Å². The Morgan fingerprint density at radius 3 is 2.38 bits per heavy atom. The van der Waals surface area contributed by atoms with Gasteiger partial charge >= 0.3 is 18.0 Å². The molecule has 0 aliphatic heterocycles. The fraction of sp³-hybridized carbons (Fsp3) is 0.182. The minimum Gasteiger partial charge on any atom is -0.542 e. The van der Waals surface area contributed by atoms with Crippen LogP contribution in [0.25, 0.3) is 22.6 Å². The number of carboxylic acid groups (broad SMARTS) is 1. The molecule has 0 bridgehead atoms. The summed E-state index contributed by atoms with van der Waals surface area (Å²) in [4.78, 5) is 31.3. The number of carbonyl (C=O) groups is 2. The molecule has 34 heavy (non-hydrogen) atoms. The topological polar surface area (TPSA) is 105 Å². The fourth-order valence-corrected chi connectivity index (χ4v) is 3.54. The van der Waals surface area contributed by atoms with Gasteiger partial charge in [0.2, 0.25) is 5.52 Å². The minimum atomic E-state index is -5.19. The largest absolute Gasteiger partial charge is 0.542 e. The third kappa shape index (κ3) is 6.10. The van der Waals surface area contributed by atoms with Crippen molar-refractivity contribution < 1.29 is 32.5 Å². The van der Waals surface area contributed by atoms with Crippen LogP contribution >= 0.6 is 11.3 Å². The molecule has 0 saturated heterocycles. The number of aromatic nitrogens is 3. The first-order valence-electron chi connectivity index (χ1n) is 10.00. The number of para-hydroxylation sites is 2. The first-order chi connectivity index (χ1) is 16.2. The number of nitrogens with zero attached hydrogens (tertiary/aromatic N) is 3. The van der Waals surface area contributed by atoms with Crippen LogP contribution in [-0.4, -0.2) is 39.6 Å². The van der Waals surface area contributed by atoms with Gasteiger partial charge in [0.1, 0.15) is 5.97 Å². The summed E-state index contributed by atoms with van der Waals surface area (Å²) < 4.78 is 33.3. The lowest BCUT2D eigenvalue weighted by Crippen LogP contribution is -2.53. The number of hydrogen-bond donors (Lipinski definition) is 2. The predicted octanol–water partition coefficient (Wildman–Crippen LogP) is 3.06. The average molecular weight is 491 g/mol. The highest BCUT2D eigenvalue weighted by atomic mass is 32.1. The molecule has 2 aromatic heterocycles. The number of rotatable bonds is 5. The number of alkyl halides is 3. The van der Waals surface area contributed by atoms with Gasteiger partial charge in [0.25, 0.3) is 0 Å². The highest BCUT2D eigenvalue weighted by Gasteiger charge is 2.29. The lowest BCUT2D eigenvalue weighted by molar-refractivity contribution is -0.602. The van der Waals surface area contributed by atoms with Gasteiger partial charge in [-0.3, -0.25) is 0 Å². The lowest BCUT2D eigenvalue weighted by atomic mass is 10.2. The van der Waals surface area contributed by atoms with Gasteiger partial charge in [0.15, 0.2) is 11.2 Å². The number of carbonyl (C=O) groups excluding carboxylic acids is 2. The lowest BCUT2D eigenvalue weighted by Gasteiger charge is -2.20. The molecule has 0 aliphatic carbocycles. The van der Waals surface area contributed by atoms with Crippen LogP contribution in [0.2, 0.25) is 0 Å². The Hall–Kier alpha value is -3.93. The van der Waals surface area contributed by atoms with Crippen molar-refractivity contribution >= 4 is 34.4 Å². The van der Waals surface area contributed by atoms with Gasteiger partial charge in [-0.1, -0.05) is 42.5 Å². The predicted molar refractivity (Wildman–Crippen MR) is 118 cm³/mol. The number of benzene rings is 2. The van der Waals surface area contributed by atoms with E-state index in [-0.39, 0.29) is 6.03 Å². The van der Waals surface area contributed by atoms with E-state index in [4.69, 9.17) is 9.90 Å². The Morgan fingerprint density at radius 1 is 1.15 bits per heavy atom. The SMILES string of the molecule is CCN(Cc1ccccc1)C(=O)N[n+]1c(-c2cscn2)[nH]c2ccccc21.O=C([O-])C(F)(F)F. The zero-order valence-electron chi connectivity index (χ0n) is 17.9. The Labute approximate surface area is 196 Å². The molecule has 0 spiro atoms. The maximum absolute atomic E-state index is 13.0. The molecule has 0 atom stereocenters. The highest BCUT2D eigenvalue weighted by Crippen LogP contribution is 2.18. The molecule has 0 aliphatic rings. The van der Waals surface area contributed by atoms with E-state index in [1.807, 2.05) is 66.9 Å². The summed E-state index contributed by atoms with van der Waals surface area (Å²) in [5.74, 6) is -2.26. The van der Waals surface area contributed by atoms with E-state index in [1.54, 1.807) is 15.1 Å². The third-order valence-corrected chi connectivity index (χ3v) is 5.21. The summed E-state index contributed by atoms with van der Waals surface area (Å²) in [5.41, 5.74) is 8.53. The maximum atomic E-state index is 13.0. The highest BCUT2D eigenvalue weighted by molar-refractivity contribution is 7.07. The number of halogens is 3. The van der Waals surface area contributed by atoms with Crippen LogP contribution in [0.4, 0.5) is 18.0 Å².